The zero-order chi connectivity index (χ0) is 15.1. The quantitative estimate of drug-likeness (QED) is 0.557. The molecule has 5 nitrogen and oxygen atoms in total. The summed E-state index contributed by atoms with van der Waals surface area (Å²) >= 11 is 0. The van der Waals surface area contributed by atoms with Crippen molar-refractivity contribution < 1.29 is 23.1 Å². The van der Waals surface area contributed by atoms with Crippen LogP contribution < -0.4 is 11.6 Å². The monoisotopic (exact) mass is 289 g/mol. The van der Waals surface area contributed by atoms with Gasteiger partial charge in [0.15, 0.2) is 5.54 Å². The number of carboxylic acid groups (broad SMARTS) is 1. The van der Waals surface area contributed by atoms with Gasteiger partial charge in [-0.2, -0.15) is 13.2 Å². The van der Waals surface area contributed by atoms with Gasteiger partial charge in [0.05, 0.1) is 0 Å². The van der Waals surface area contributed by atoms with Gasteiger partial charge in [-0.1, -0.05) is 24.3 Å². The Hall–Kier alpha value is -1.64. The summed E-state index contributed by atoms with van der Waals surface area (Å²) in [4.78, 5) is 10.6. The molecule has 8 heteroatoms. The number of nitrogens with two attached hydrogens (primary N) is 2. The minimum Gasteiger partial charge on any atom is -0.480 e. The number of carbonyl (C=O) groups is 1. The molecule has 1 aromatic rings. The van der Waals surface area contributed by atoms with Gasteiger partial charge in [-0.3, -0.25) is 10.6 Å². The normalized spacial score (nSPS) is 27.1. The van der Waals surface area contributed by atoms with Crippen molar-refractivity contribution in [1.29, 1.82) is 0 Å². The lowest BCUT2D eigenvalue weighted by molar-refractivity contribution is -0.173. The Kier molecular flexibility index (Phi) is 3.49. The number of hydrogen-bond donors (Lipinski definition) is 3. The lowest BCUT2D eigenvalue weighted by Gasteiger charge is -2.20. The van der Waals surface area contributed by atoms with Crippen LogP contribution in [0, 0.1) is 0 Å². The van der Waals surface area contributed by atoms with Gasteiger partial charge in [-0.05, 0) is 17.5 Å². The number of aliphatic carboxylic acids is 1. The van der Waals surface area contributed by atoms with Crippen molar-refractivity contribution in [3.05, 3.63) is 35.4 Å². The summed E-state index contributed by atoms with van der Waals surface area (Å²) < 4.78 is 39.1. The molecule has 1 heterocycles. The summed E-state index contributed by atoms with van der Waals surface area (Å²) in [6.45, 7) is -0.287. The number of carboxylic acids is 1. The number of nitrogens with zero attached hydrogens (tertiary/aromatic N) is 1. The number of hydrazine groups is 1. The average molecular weight is 289 g/mol. The standard InChI is InChI=1S/C12H14F3N3O2/c13-12(14,15)11(6-18(11)17)8-3-1-7(2-4-8)5-9(16)10(19)20/h1-4,9H,5-6,16-17H2,(H,19,20). The van der Waals surface area contributed by atoms with E-state index in [4.69, 9.17) is 16.7 Å². The number of benzene rings is 1. The van der Waals surface area contributed by atoms with Gasteiger partial charge in [0.25, 0.3) is 0 Å². The van der Waals surface area contributed by atoms with E-state index in [-0.39, 0.29) is 18.5 Å². The summed E-state index contributed by atoms with van der Waals surface area (Å²) in [5.41, 5.74) is 3.85. The Labute approximate surface area is 112 Å². The van der Waals surface area contributed by atoms with E-state index in [1.165, 1.54) is 24.3 Å². The molecular formula is C12H14F3N3O2. The minimum atomic E-state index is -4.46. The fourth-order valence-corrected chi connectivity index (χ4v) is 2.14. The molecule has 0 amide bonds. The Morgan fingerprint density at radius 1 is 1.40 bits per heavy atom. The molecule has 1 aliphatic heterocycles. The van der Waals surface area contributed by atoms with Crippen LogP contribution in [-0.2, 0) is 16.8 Å². The molecule has 0 spiro atoms. The van der Waals surface area contributed by atoms with Crippen LogP contribution in [0.25, 0.3) is 0 Å². The van der Waals surface area contributed by atoms with Crippen LogP contribution in [0.4, 0.5) is 13.2 Å². The fourth-order valence-electron chi connectivity index (χ4n) is 2.14. The second kappa shape index (κ2) is 4.72. The third kappa shape index (κ3) is 2.37. The third-order valence-electron chi connectivity index (χ3n) is 3.46. The maximum absolute atomic E-state index is 13.0. The molecule has 1 aromatic carbocycles. The van der Waals surface area contributed by atoms with Crippen molar-refractivity contribution in [3.63, 3.8) is 0 Å². The molecule has 0 saturated carbocycles. The summed E-state index contributed by atoms with van der Waals surface area (Å²) in [6.07, 6.45) is -4.40. The van der Waals surface area contributed by atoms with E-state index in [0.29, 0.717) is 5.56 Å². The molecule has 0 aromatic heterocycles. The zero-order valence-corrected chi connectivity index (χ0v) is 10.4. The minimum absolute atomic E-state index is 0.0418. The summed E-state index contributed by atoms with van der Waals surface area (Å²) in [5, 5.41) is 9.41. The van der Waals surface area contributed by atoms with Gasteiger partial charge in [-0.15, -0.1) is 0 Å². The lowest BCUT2D eigenvalue weighted by Crippen LogP contribution is -2.36. The number of rotatable bonds is 4. The average Bonchev–Trinajstić information content (AvgIpc) is 3.02. The number of alkyl halides is 3. The van der Waals surface area contributed by atoms with E-state index in [1.54, 1.807) is 0 Å². The van der Waals surface area contributed by atoms with Gasteiger partial charge >= 0.3 is 12.1 Å². The van der Waals surface area contributed by atoms with E-state index in [2.05, 4.69) is 0 Å². The van der Waals surface area contributed by atoms with E-state index in [0.717, 1.165) is 5.01 Å². The molecule has 110 valence electrons. The van der Waals surface area contributed by atoms with Crippen LogP contribution in [0.2, 0.25) is 0 Å². The molecule has 1 fully saturated rings. The molecule has 1 saturated heterocycles. The van der Waals surface area contributed by atoms with Gasteiger partial charge in [0, 0.05) is 6.54 Å². The lowest BCUT2D eigenvalue weighted by atomic mass is 9.96. The predicted octanol–water partition coefficient (Wildman–Crippen LogP) is 0.588. The van der Waals surface area contributed by atoms with Crippen molar-refractivity contribution in [3.8, 4) is 0 Å². The van der Waals surface area contributed by atoms with Crippen LogP contribution in [0.5, 0.6) is 0 Å². The van der Waals surface area contributed by atoms with Gasteiger partial charge in [0.2, 0.25) is 0 Å². The van der Waals surface area contributed by atoms with Crippen LogP contribution >= 0.6 is 0 Å². The fraction of sp³-hybridized carbons (Fsp3) is 0.417. The highest BCUT2D eigenvalue weighted by atomic mass is 19.4. The first-order valence-corrected chi connectivity index (χ1v) is 5.85. The molecule has 2 rings (SSSR count). The van der Waals surface area contributed by atoms with Crippen LogP contribution in [0.15, 0.2) is 24.3 Å². The molecule has 0 bridgehead atoms. The predicted molar refractivity (Wildman–Crippen MR) is 64.4 cm³/mol. The highest BCUT2D eigenvalue weighted by Crippen LogP contribution is 2.52. The Morgan fingerprint density at radius 2 is 1.90 bits per heavy atom. The molecule has 5 N–H and O–H groups in total. The maximum atomic E-state index is 13.0. The van der Waals surface area contributed by atoms with Crippen molar-refractivity contribution in [2.75, 3.05) is 6.54 Å². The highest BCUT2D eigenvalue weighted by molar-refractivity contribution is 5.73. The molecular weight excluding hydrogens is 275 g/mol. The summed E-state index contributed by atoms with van der Waals surface area (Å²) in [6, 6.07) is 4.42. The van der Waals surface area contributed by atoms with Crippen molar-refractivity contribution in [1.82, 2.24) is 5.01 Å². The molecule has 3 unspecified atom stereocenters. The molecule has 0 aliphatic carbocycles. The van der Waals surface area contributed by atoms with Crippen molar-refractivity contribution >= 4 is 5.97 Å². The number of hydrogen-bond acceptors (Lipinski definition) is 4. The second-order valence-corrected chi connectivity index (χ2v) is 4.83. The van der Waals surface area contributed by atoms with Crippen LogP contribution in [-0.4, -0.2) is 34.8 Å². The highest BCUT2D eigenvalue weighted by Gasteiger charge is 2.70. The smallest absolute Gasteiger partial charge is 0.413 e. The molecule has 3 atom stereocenters. The molecule has 1 aliphatic rings. The van der Waals surface area contributed by atoms with E-state index in [9.17, 15) is 18.0 Å². The maximum Gasteiger partial charge on any atom is 0.413 e. The number of halogens is 3. The van der Waals surface area contributed by atoms with Gasteiger partial charge in [0.1, 0.15) is 6.04 Å². The Bertz CT molecular complexity index is 518. The SMILES string of the molecule is NC(Cc1ccc(C2(C(F)(F)F)CN2N)cc1)C(=O)O. The Morgan fingerprint density at radius 3 is 2.25 bits per heavy atom. The Balaban J connectivity index is 2.19. The van der Waals surface area contributed by atoms with Crippen molar-refractivity contribution in [2.45, 2.75) is 24.2 Å². The van der Waals surface area contributed by atoms with Gasteiger partial charge in [-0.25, -0.2) is 5.01 Å². The molecule has 0 radical (unpaired) electrons. The third-order valence-corrected chi connectivity index (χ3v) is 3.46. The largest absolute Gasteiger partial charge is 0.480 e. The summed E-state index contributed by atoms with van der Waals surface area (Å²) in [7, 11) is 0. The van der Waals surface area contributed by atoms with E-state index < -0.39 is 23.7 Å². The van der Waals surface area contributed by atoms with Crippen molar-refractivity contribution in [2.24, 2.45) is 11.6 Å². The second-order valence-electron chi connectivity index (χ2n) is 4.83. The van der Waals surface area contributed by atoms with Gasteiger partial charge < -0.3 is 10.8 Å². The molecule has 20 heavy (non-hydrogen) atoms. The topological polar surface area (TPSA) is 92.4 Å². The van der Waals surface area contributed by atoms with Crippen LogP contribution in [0.3, 0.4) is 0 Å². The zero-order valence-electron chi connectivity index (χ0n) is 10.4. The first kappa shape index (κ1) is 14.8. The first-order chi connectivity index (χ1) is 9.18. The summed E-state index contributed by atoms with van der Waals surface area (Å²) in [5.74, 6) is 4.14. The van der Waals surface area contributed by atoms with E-state index in [1.807, 2.05) is 0 Å². The van der Waals surface area contributed by atoms with Crippen LogP contribution in [0.1, 0.15) is 11.1 Å². The first-order valence-electron chi connectivity index (χ1n) is 5.85. The van der Waals surface area contributed by atoms with E-state index >= 15 is 0 Å².